The fourth-order valence-corrected chi connectivity index (χ4v) is 2.18. The molecular formula is C16H27FN2. The molecule has 0 aliphatic carbocycles. The molecule has 0 saturated carbocycles. The lowest BCUT2D eigenvalue weighted by molar-refractivity contribution is 0.272. The van der Waals surface area contributed by atoms with Gasteiger partial charge >= 0.3 is 0 Å². The molecule has 0 bridgehead atoms. The molecule has 0 amide bonds. The maximum Gasteiger partial charge on any atom is 0.123 e. The van der Waals surface area contributed by atoms with Crippen LogP contribution in [-0.4, -0.2) is 31.6 Å². The van der Waals surface area contributed by atoms with Crippen molar-refractivity contribution >= 4 is 0 Å². The van der Waals surface area contributed by atoms with Crippen LogP contribution in [0.1, 0.15) is 26.3 Å². The number of halogens is 1. The molecule has 0 saturated heterocycles. The smallest absolute Gasteiger partial charge is 0.123 e. The van der Waals surface area contributed by atoms with Crippen molar-refractivity contribution in [2.24, 2.45) is 11.8 Å². The molecule has 3 heteroatoms. The van der Waals surface area contributed by atoms with Gasteiger partial charge in [-0.3, -0.25) is 0 Å². The Bertz CT molecular complexity index is 348. The summed E-state index contributed by atoms with van der Waals surface area (Å²) < 4.78 is 12.8. The van der Waals surface area contributed by atoms with Crippen molar-refractivity contribution in [1.82, 2.24) is 10.2 Å². The number of benzene rings is 1. The van der Waals surface area contributed by atoms with Crippen LogP contribution in [0.4, 0.5) is 4.39 Å². The molecule has 2 nitrogen and oxygen atoms in total. The van der Waals surface area contributed by atoms with Crippen molar-refractivity contribution in [1.29, 1.82) is 0 Å². The Balaban J connectivity index is 2.26. The number of hydrogen-bond donors (Lipinski definition) is 1. The number of hydrogen-bond acceptors (Lipinski definition) is 2. The van der Waals surface area contributed by atoms with Crippen LogP contribution < -0.4 is 5.32 Å². The van der Waals surface area contributed by atoms with E-state index in [-0.39, 0.29) is 5.82 Å². The summed E-state index contributed by atoms with van der Waals surface area (Å²) in [5.74, 6) is 1.14. The maximum absolute atomic E-state index is 12.8. The van der Waals surface area contributed by atoms with Crippen LogP contribution in [0.3, 0.4) is 0 Å². The summed E-state index contributed by atoms with van der Waals surface area (Å²) in [6.07, 6.45) is 0. The van der Waals surface area contributed by atoms with Gasteiger partial charge < -0.3 is 10.2 Å². The Morgan fingerprint density at radius 3 is 2.32 bits per heavy atom. The topological polar surface area (TPSA) is 15.3 Å². The summed E-state index contributed by atoms with van der Waals surface area (Å²) in [5, 5.41) is 3.49. The molecular weight excluding hydrogens is 239 g/mol. The van der Waals surface area contributed by atoms with E-state index >= 15 is 0 Å². The molecule has 1 unspecified atom stereocenters. The van der Waals surface area contributed by atoms with E-state index in [1.54, 1.807) is 0 Å². The average molecular weight is 266 g/mol. The van der Waals surface area contributed by atoms with Gasteiger partial charge in [0.25, 0.3) is 0 Å². The number of rotatable bonds is 8. The summed E-state index contributed by atoms with van der Waals surface area (Å²) in [7, 11) is 2.11. The van der Waals surface area contributed by atoms with Crippen LogP contribution in [0.25, 0.3) is 0 Å². The first-order chi connectivity index (χ1) is 8.97. The highest BCUT2D eigenvalue weighted by molar-refractivity contribution is 5.15. The third-order valence-corrected chi connectivity index (χ3v) is 3.03. The third-order valence-electron chi connectivity index (χ3n) is 3.03. The van der Waals surface area contributed by atoms with E-state index in [1.807, 2.05) is 12.1 Å². The molecule has 0 aromatic heterocycles. The van der Waals surface area contributed by atoms with Gasteiger partial charge in [-0.15, -0.1) is 0 Å². The molecule has 0 aliphatic rings. The van der Waals surface area contributed by atoms with Crippen LogP contribution in [-0.2, 0) is 6.54 Å². The lowest BCUT2D eigenvalue weighted by atomic mass is 10.1. The minimum Gasteiger partial charge on any atom is -0.316 e. The molecule has 0 aliphatic heterocycles. The number of nitrogens with one attached hydrogen (secondary N) is 1. The predicted octanol–water partition coefficient (Wildman–Crippen LogP) is 3.14. The van der Waals surface area contributed by atoms with Gasteiger partial charge in [-0.1, -0.05) is 32.9 Å². The van der Waals surface area contributed by atoms with Crippen molar-refractivity contribution in [3.05, 3.63) is 35.6 Å². The molecule has 0 spiro atoms. The third kappa shape index (κ3) is 7.28. The van der Waals surface area contributed by atoms with Crippen LogP contribution >= 0.6 is 0 Å². The molecule has 1 N–H and O–H groups in total. The van der Waals surface area contributed by atoms with Crippen molar-refractivity contribution in [3.8, 4) is 0 Å². The van der Waals surface area contributed by atoms with E-state index in [2.05, 4.69) is 38.0 Å². The summed E-state index contributed by atoms with van der Waals surface area (Å²) in [6, 6.07) is 6.76. The van der Waals surface area contributed by atoms with E-state index in [9.17, 15) is 4.39 Å². The molecule has 108 valence electrons. The second-order valence-electron chi connectivity index (χ2n) is 5.98. The van der Waals surface area contributed by atoms with Crippen molar-refractivity contribution in [2.75, 3.05) is 26.7 Å². The van der Waals surface area contributed by atoms with Gasteiger partial charge in [0, 0.05) is 13.1 Å². The van der Waals surface area contributed by atoms with Gasteiger partial charge in [0.1, 0.15) is 5.82 Å². The molecule has 1 rings (SSSR count). The van der Waals surface area contributed by atoms with Crippen LogP contribution in [0.15, 0.2) is 24.3 Å². The lowest BCUT2D eigenvalue weighted by Crippen LogP contribution is -2.32. The molecule has 0 heterocycles. The first-order valence-electron chi connectivity index (χ1n) is 7.11. The fraction of sp³-hybridized carbons (Fsp3) is 0.625. The monoisotopic (exact) mass is 266 g/mol. The van der Waals surface area contributed by atoms with Crippen molar-refractivity contribution in [3.63, 3.8) is 0 Å². The van der Waals surface area contributed by atoms with Crippen molar-refractivity contribution in [2.45, 2.75) is 27.3 Å². The standard InChI is InChI=1S/C16H27FN2/c1-13(2)9-18-10-14(3)11-19(4)12-15-5-7-16(17)8-6-15/h5-8,13-14,18H,9-12H2,1-4H3. The first-order valence-corrected chi connectivity index (χ1v) is 7.11. The maximum atomic E-state index is 12.8. The Kier molecular flexibility index (Phi) is 7.03. The normalized spacial score (nSPS) is 13.2. The van der Waals surface area contributed by atoms with Crippen LogP contribution in [0.2, 0.25) is 0 Å². The fourth-order valence-electron chi connectivity index (χ4n) is 2.18. The van der Waals surface area contributed by atoms with E-state index < -0.39 is 0 Å². The van der Waals surface area contributed by atoms with E-state index in [0.717, 1.165) is 31.7 Å². The lowest BCUT2D eigenvalue weighted by Gasteiger charge is -2.22. The van der Waals surface area contributed by atoms with Gasteiger partial charge in [0.15, 0.2) is 0 Å². The molecule has 1 aromatic rings. The zero-order valence-electron chi connectivity index (χ0n) is 12.6. The molecule has 1 aromatic carbocycles. The zero-order chi connectivity index (χ0) is 14.3. The van der Waals surface area contributed by atoms with Crippen LogP contribution in [0.5, 0.6) is 0 Å². The first kappa shape index (κ1) is 16.1. The SMILES string of the molecule is CC(C)CNCC(C)CN(C)Cc1ccc(F)cc1. The van der Waals surface area contributed by atoms with Gasteiger partial charge in [-0.2, -0.15) is 0 Å². The Morgan fingerprint density at radius 2 is 1.74 bits per heavy atom. The summed E-state index contributed by atoms with van der Waals surface area (Å²) in [4.78, 5) is 2.29. The Labute approximate surface area is 117 Å². The quantitative estimate of drug-likeness (QED) is 0.777. The molecule has 0 fully saturated rings. The summed E-state index contributed by atoms with van der Waals surface area (Å²) in [6.45, 7) is 10.7. The van der Waals surface area contributed by atoms with E-state index in [0.29, 0.717) is 11.8 Å². The highest BCUT2D eigenvalue weighted by Crippen LogP contribution is 2.07. The molecule has 19 heavy (non-hydrogen) atoms. The van der Waals surface area contributed by atoms with Gasteiger partial charge in [0.05, 0.1) is 0 Å². The van der Waals surface area contributed by atoms with Gasteiger partial charge in [-0.25, -0.2) is 4.39 Å². The minimum absolute atomic E-state index is 0.169. The summed E-state index contributed by atoms with van der Waals surface area (Å²) in [5.41, 5.74) is 1.16. The predicted molar refractivity (Wildman–Crippen MR) is 79.6 cm³/mol. The van der Waals surface area contributed by atoms with E-state index in [4.69, 9.17) is 0 Å². The Hall–Kier alpha value is -0.930. The average Bonchev–Trinajstić information content (AvgIpc) is 2.31. The largest absolute Gasteiger partial charge is 0.316 e. The second-order valence-corrected chi connectivity index (χ2v) is 5.98. The van der Waals surface area contributed by atoms with E-state index in [1.165, 1.54) is 12.1 Å². The second kappa shape index (κ2) is 8.28. The summed E-state index contributed by atoms with van der Waals surface area (Å²) >= 11 is 0. The van der Waals surface area contributed by atoms with Gasteiger partial charge in [-0.05, 0) is 49.7 Å². The Morgan fingerprint density at radius 1 is 1.11 bits per heavy atom. The zero-order valence-corrected chi connectivity index (χ0v) is 12.6. The molecule has 1 atom stereocenters. The highest BCUT2D eigenvalue weighted by Gasteiger charge is 2.07. The van der Waals surface area contributed by atoms with Gasteiger partial charge in [0.2, 0.25) is 0 Å². The number of nitrogens with zero attached hydrogens (tertiary/aromatic N) is 1. The molecule has 0 radical (unpaired) electrons. The highest BCUT2D eigenvalue weighted by atomic mass is 19.1. The van der Waals surface area contributed by atoms with Crippen LogP contribution in [0, 0.1) is 17.7 Å². The van der Waals surface area contributed by atoms with Crippen molar-refractivity contribution < 1.29 is 4.39 Å². The minimum atomic E-state index is -0.169.